The number of piperidine rings is 1. The van der Waals surface area contributed by atoms with E-state index in [0.717, 1.165) is 42.9 Å². The molecular formula is C20H22N2O3. The molecule has 0 radical (unpaired) electrons. The van der Waals surface area contributed by atoms with Gasteiger partial charge in [0.1, 0.15) is 5.75 Å². The van der Waals surface area contributed by atoms with Crippen LogP contribution in [0, 0.1) is 5.92 Å². The normalized spacial score (nSPS) is 33.9. The third-order valence-corrected chi connectivity index (χ3v) is 6.68. The van der Waals surface area contributed by atoms with Crippen molar-refractivity contribution in [2.75, 3.05) is 25.5 Å². The molecule has 2 bridgehead atoms. The summed E-state index contributed by atoms with van der Waals surface area (Å²) in [6.45, 7) is 4.01. The molecule has 3 atom stereocenters. The number of hydrogen-bond acceptors (Lipinski definition) is 5. The smallest absolute Gasteiger partial charge is 0.336 e. The first-order valence-corrected chi connectivity index (χ1v) is 8.92. The van der Waals surface area contributed by atoms with Gasteiger partial charge in [-0.15, -0.1) is 0 Å². The van der Waals surface area contributed by atoms with Crippen LogP contribution in [0.3, 0.4) is 0 Å². The van der Waals surface area contributed by atoms with Crippen molar-refractivity contribution in [2.24, 2.45) is 5.92 Å². The number of hydrogen-bond donors (Lipinski definition) is 2. The monoisotopic (exact) mass is 338 g/mol. The summed E-state index contributed by atoms with van der Waals surface area (Å²) in [4.78, 5) is 15.3. The van der Waals surface area contributed by atoms with Gasteiger partial charge in [-0.05, 0) is 31.4 Å². The van der Waals surface area contributed by atoms with Crippen molar-refractivity contribution in [3.05, 3.63) is 46.7 Å². The van der Waals surface area contributed by atoms with Gasteiger partial charge in [0.25, 0.3) is 0 Å². The fourth-order valence-electron chi connectivity index (χ4n) is 5.66. The number of carbonyl (C=O) groups is 1. The molecule has 0 aromatic heterocycles. The first kappa shape index (κ1) is 15.0. The number of nitrogens with zero attached hydrogens (tertiary/aromatic N) is 1. The van der Waals surface area contributed by atoms with Gasteiger partial charge in [-0.2, -0.15) is 0 Å². The van der Waals surface area contributed by atoms with Gasteiger partial charge in [0.05, 0.1) is 18.1 Å². The minimum atomic E-state index is -0.234. The van der Waals surface area contributed by atoms with Crippen molar-refractivity contribution in [3.8, 4) is 5.75 Å². The highest BCUT2D eigenvalue weighted by atomic mass is 16.5. The number of benzene rings is 1. The Hall–Kier alpha value is -2.27. The van der Waals surface area contributed by atoms with E-state index >= 15 is 0 Å². The molecule has 130 valence electrons. The third kappa shape index (κ3) is 1.69. The predicted molar refractivity (Wildman–Crippen MR) is 94.3 cm³/mol. The molecule has 4 aliphatic rings. The van der Waals surface area contributed by atoms with Crippen molar-refractivity contribution in [2.45, 2.75) is 31.2 Å². The lowest BCUT2D eigenvalue weighted by molar-refractivity contribution is -0.137. The topological polar surface area (TPSA) is 61.8 Å². The SMILES string of the molecule is CC=C1CN2CC[C@]34C(=C(C(=O)OC)[C@H]1C[C@H]23)Nc1cc(O)ccc14. The van der Waals surface area contributed by atoms with Gasteiger partial charge < -0.3 is 15.2 Å². The second-order valence-corrected chi connectivity index (χ2v) is 7.49. The predicted octanol–water partition coefficient (Wildman–Crippen LogP) is 2.54. The molecule has 5 heteroatoms. The highest BCUT2D eigenvalue weighted by Gasteiger charge is 2.62. The quantitative estimate of drug-likeness (QED) is 0.609. The average molecular weight is 338 g/mol. The number of phenols is 1. The van der Waals surface area contributed by atoms with E-state index < -0.39 is 0 Å². The molecule has 3 heterocycles. The number of anilines is 1. The minimum absolute atomic E-state index is 0.121. The van der Waals surface area contributed by atoms with E-state index in [9.17, 15) is 9.90 Å². The lowest BCUT2D eigenvalue weighted by atomic mass is 9.62. The van der Waals surface area contributed by atoms with Crippen LogP contribution in [-0.2, 0) is 14.9 Å². The second-order valence-electron chi connectivity index (χ2n) is 7.49. The Balaban J connectivity index is 1.81. The van der Waals surface area contributed by atoms with Crippen LogP contribution in [0.4, 0.5) is 5.69 Å². The molecule has 25 heavy (non-hydrogen) atoms. The fraction of sp³-hybridized carbons (Fsp3) is 0.450. The lowest BCUT2D eigenvalue weighted by Gasteiger charge is -2.48. The van der Waals surface area contributed by atoms with Crippen LogP contribution in [0.15, 0.2) is 41.1 Å². The zero-order valence-corrected chi connectivity index (χ0v) is 14.5. The molecule has 1 aromatic rings. The summed E-state index contributed by atoms with van der Waals surface area (Å²) in [6.07, 6.45) is 4.10. The standard InChI is InChI=1S/C20H22N2O3/c1-3-11-10-22-7-6-20-14-5-4-12(23)8-15(14)21-18(20)17(19(24)25-2)13(11)9-16(20)22/h3-5,8,13,16,21,23H,6-7,9-10H2,1-2H3/t13-,16-,20+/m0/s1. The molecule has 1 aromatic carbocycles. The van der Waals surface area contributed by atoms with Crippen LogP contribution in [0.2, 0.25) is 0 Å². The van der Waals surface area contributed by atoms with Crippen LogP contribution >= 0.6 is 0 Å². The minimum Gasteiger partial charge on any atom is -0.508 e. The Labute approximate surface area is 147 Å². The Morgan fingerprint density at radius 1 is 1.48 bits per heavy atom. The molecule has 2 saturated heterocycles. The van der Waals surface area contributed by atoms with E-state index in [1.807, 2.05) is 6.07 Å². The molecule has 5 nitrogen and oxygen atoms in total. The number of methoxy groups -OCH3 is 1. The number of fused-ring (bicyclic) bond motifs is 2. The highest BCUT2D eigenvalue weighted by molar-refractivity contribution is 5.94. The molecule has 5 rings (SSSR count). The van der Waals surface area contributed by atoms with E-state index in [0.29, 0.717) is 6.04 Å². The maximum atomic E-state index is 12.8. The number of aromatic hydroxyl groups is 1. The van der Waals surface area contributed by atoms with E-state index in [1.54, 1.807) is 12.1 Å². The Morgan fingerprint density at radius 3 is 3.08 bits per heavy atom. The summed E-state index contributed by atoms with van der Waals surface area (Å²) in [7, 11) is 1.46. The molecule has 2 N–H and O–H groups in total. The Bertz CT molecular complexity index is 856. The zero-order chi connectivity index (χ0) is 17.3. The van der Waals surface area contributed by atoms with Gasteiger partial charge in [-0.25, -0.2) is 4.79 Å². The maximum absolute atomic E-state index is 12.8. The number of phenolic OH excluding ortho intramolecular Hbond substituents is 1. The second kappa shape index (κ2) is 4.88. The van der Waals surface area contributed by atoms with Crippen LogP contribution in [0.1, 0.15) is 25.3 Å². The fourth-order valence-corrected chi connectivity index (χ4v) is 5.66. The van der Waals surface area contributed by atoms with E-state index in [1.165, 1.54) is 18.2 Å². The first-order valence-electron chi connectivity index (χ1n) is 8.92. The molecule has 0 saturated carbocycles. The maximum Gasteiger partial charge on any atom is 0.336 e. The number of esters is 1. The van der Waals surface area contributed by atoms with Crippen LogP contribution < -0.4 is 5.32 Å². The van der Waals surface area contributed by atoms with E-state index in [4.69, 9.17) is 4.74 Å². The summed E-state index contributed by atoms with van der Waals surface area (Å²) < 4.78 is 5.18. The zero-order valence-electron chi connectivity index (χ0n) is 14.5. The molecular weight excluding hydrogens is 316 g/mol. The van der Waals surface area contributed by atoms with Gasteiger partial charge in [0, 0.05) is 42.5 Å². The van der Waals surface area contributed by atoms with Gasteiger partial charge in [0.2, 0.25) is 0 Å². The summed E-state index contributed by atoms with van der Waals surface area (Å²) in [5.41, 5.74) is 5.04. The Kier molecular flexibility index (Phi) is 2.93. The summed E-state index contributed by atoms with van der Waals surface area (Å²) >= 11 is 0. The summed E-state index contributed by atoms with van der Waals surface area (Å²) in [5, 5.41) is 13.4. The van der Waals surface area contributed by atoms with Crippen molar-refractivity contribution >= 4 is 11.7 Å². The number of nitrogens with one attached hydrogen (secondary N) is 1. The molecule has 1 spiro atoms. The summed E-state index contributed by atoms with van der Waals surface area (Å²) in [5.74, 6) is 0.130. The number of rotatable bonds is 1. The summed E-state index contributed by atoms with van der Waals surface area (Å²) in [6, 6.07) is 5.94. The average Bonchev–Trinajstić information content (AvgIpc) is 3.16. The van der Waals surface area contributed by atoms with Gasteiger partial charge in [-0.1, -0.05) is 17.7 Å². The van der Waals surface area contributed by atoms with Crippen molar-refractivity contribution < 1.29 is 14.6 Å². The molecule has 1 aliphatic carbocycles. The van der Waals surface area contributed by atoms with Crippen molar-refractivity contribution in [3.63, 3.8) is 0 Å². The van der Waals surface area contributed by atoms with Crippen LogP contribution in [0.5, 0.6) is 5.75 Å². The largest absolute Gasteiger partial charge is 0.508 e. The highest BCUT2D eigenvalue weighted by Crippen LogP contribution is 2.61. The molecule has 2 fully saturated rings. The van der Waals surface area contributed by atoms with Crippen LogP contribution in [0.25, 0.3) is 0 Å². The first-order chi connectivity index (χ1) is 12.1. The van der Waals surface area contributed by atoms with Crippen molar-refractivity contribution in [1.82, 2.24) is 4.90 Å². The Morgan fingerprint density at radius 2 is 2.32 bits per heavy atom. The molecule has 0 unspecified atom stereocenters. The van der Waals surface area contributed by atoms with Gasteiger partial charge >= 0.3 is 5.97 Å². The van der Waals surface area contributed by atoms with E-state index in [2.05, 4.69) is 23.2 Å². The van der Waals surface area contributed by atoms with Gasteiger partial charge in [0.15, 0.2) is 0 Å². The molecule has 3 aliphatic heterocycles. The molecule has 0 amide bonds. The number of ether oxygens (including phenoxy) is 1. The number of allylic oxidation sites excluding steroid dienone is 1. The van der Waals surface area contributed by atoms with E-state index in [-0.39, 0.29) is 23.1 Å². The number of carbonyl (C=O) groups excluding carboxylic acids is 1. The lowest BCUT2D eigenvalue weighted by Crippen LogP contribution is -2.53. The van der Waals surface area contributed by atoms with Crippen molar-refractivity contribution in [1.29, 1.82) is 0 Å². The third-order valence-electron chi connectivity index (χ3n) is 6.68. The van der Waals surface area contributed by atoms with Crippen LogP contribution in [-0.4, -0.2) is 42.2 Å². The van der Waals surface area contributed by atoms with Gasteiger partial charge in [-0.3, -0.25) is 4.90 Å².